The van der Waals surface area contributed by atoms with E-state index in [9.17, 15) is 9.90 Å². The van der Waals surface area contributed by atoms with Crippen LogP contribution in [0.3, 0.4) is 0 Å². The molecule has 0 aliphatic carbocycles. The summed E-state index contributed by atoms with van der Waals surface area (Å²) in [7, 11) is 0. The highest BCUT2D eigenvalue weighted by atomic mass is 16.3. The van der Waals surface area contributed by atoms with Crippen molar-refractivity contribution >= 4 is 17.3 Å². The van der Waals surface area contributed by atoms with Crippen LogP contribution in [0.15, 0.2) is 114 Å². The molecule has 0 spiro atoms. The molecule has 1 aliphatic heterocycles. The minimum absolute atomic E-state index is 0.0368. The molecule has 1 amide bonds. The van der Waals surface area contributed by atoms with Crippen LogP contribution in [0.5, 0.6) is 5.75 Å². The summed E-state index contributed by atoms with van der Waals surface area (Å²) in [4.78, 5) is 20.8. The molecule has 4 nitrogen and oxygen atoms in total. The van der Waals surface area contributed by atoms with Crippen molar-refractivity contribution in [2.24, 2.45) is 4.99 Å². The van der Waals surface area contributed by atoms with Gasteiger partial charge in [-0.25, -0.2) is 0 Å². The Bertz CT molecular complexity index is 1280. The summed E-state index contributed by atoms with van der Waals surface area (Å²) in [6.45, 7) is 0.473. The number of hydrogen-bond acceptors (Lipinski definition) is 3. The molecule has 162 valence electrons. The molecule has 1 heterocycles. The van der Waals surface area contributed by atoms with Gasteiger partial charge in [-0.1, -0.05) is 91.0 Å². The Kier molecular flexibility index (Phi) is 5.73. The molecular formula is C29H24N2O2. The Balaban J connectivity index is 1.63. The molecule has 1 unspecified atom stereocenters. The number of para-hydroxylation sites is 1. The maximum Gasteiger partial charge on any atom is 0.252 e. The molecule has 0 aromatic heterocycles. The number of carbonyl (C=O) groups is 1. The van der Waals surface area contributed by atoms with Crippen LogP contribution in [0.1, 0.15) is 22.3 Å². The summed E-state index contributed by atoms with van der Waals surface area (Å²) in [6, 6.07) is 34.4. The third-order valence-electron chi connectivity index (χ3n) is 5.88. The molecule has 0 fully saturated rings. The second-order valence-electron chi connectivity index (χ2n) is 8.16. The normalized spacial score (nSPS) is 15.5. The molecule has 0 radical (unpaired) electrons. The van der Waals surface area contributed by atoms with Crippen LogP contribution >= 0.6 is 0 Å². The number of hydrogen-bond donors (Lipinski definition) is 1. The molecule has 5 rings (SSSR count). The topological polar surface area (TPSA) is 52.9 Å². The van der Waals surface area contributed by atoms with Crippen LogP contribution in [-0.4, -0.2) is 22.8 Å². The first-order valence-corrected chi connectivity index (χ1v) is 11.0. The molecule has 4 heteroatoms. The zero-order chi connectivity index (χ0) is 22.6. The van der Waals surface area contributed by atoms with Gasteiger partial charge in [-0.15, -0.1) is 0 Å². The van der Waals surface area contributed by atoms with Crippen LogP contribution in [0.4, 0.5) is 5.69 Å². The fourth-order valence-corrected chi connectivity index (χ4v) is 4.23. The number of benzodiazepines with no additional fused rings is 1. The number of benzene rings is 4. The summed E-state index contributed by atoms with van der Waals surface area (Å²) in [5, 5.41) is 9.67. The number of rotatable bonds is 5. The van der Waals surface area contributed by atoms with E-state index in [2.05, 4.69) is 0 Å². The maximum atomic E-state index is 13.9. The van der Waals surface area contributed by atoms with E-state index in [1.165, 1.54) is 0 Å². The summed E-state index contributed by atoms with van der Waals surface area (Å²) in [5.74, 6) is 0.169. The van der Waals surface area contributed by atoms with Crippen molar-refractivity contribution in [2.45, 2.75) is 19.0 Å². The van der Waals surface area contributed by atoms with Gasteiger partial charge in [0.1, 0.15) is 11.8 Å². The van der Waals surface area contributed by atoms with Crippen LogP contribution in [0, 0.1) is 0 Å². The standard InChI is InChI=1S/C29H24N2O2/c32-24-17-15-21(16-18-24)19-26-29(33)31(20-22-9-3-1-4-10-22)27-14-8-7-13-25(27)28(30-26)23-11-5-2-6-12-23/h1-18,26,32H,19-20H2. The molecule has 0 saturated carbocycles. The lowest BCUT2D eigenvalue weighted by atomic mass is 10.00. The number of phenols is 1. The lowest BCUT2D eigenvalue weighted by molar-refractivity contribution is -0.119. The Morgan fingerprint density at radius 3 is 2.09 bits per heavy atom. The van der Waals surface area contributed by atoms with E-state index in [4.69, 9.17) is 4.99 Å². The van der Waals surface area contributed by atoms with Crippen LogP contribution in [0.25, 0.3) is 0 Å². The summed E-state index contributed by atoms with van der Waals surface area (Å²) in [5.41, 5.74) is 5.62. The second kappa shape index (κ2) is 9.13. The van der Waals surface area contributed by atoms with E-state index < -0.39 is 6.04 Å². The molecule has 1 N–H and O–H groups in total. The maximum absolute atomic E-state index is 13.9. The van der Waals surface area contributed by atoms with Crippen molar-refractivity contribution in [3.05, 3.63) is 131 Å². The Morgan fingerprint density at radius 1 is 0.727 bits per heavy atom. The molecule has 0 saturated heterocycles. The van der Waals surface area contributed by atoms with Gasteiger partial charge in [0.15, 0.2) is 0 Å². The summed E-state index contributed by atoms with van der Waals surface area (Å²) in [6.07, 6.45) is 0.453. The zero-order valence-corrected chi connectivity index (χ0v) is 18.1. The lowest BCUT2D eigenvalue weighted by Crippen LogP contribution is -2.38. The Labute approximate surface area is 193 Å². The first-order valence-electron chi connectivity index (χ1n) is 11.0. The minimum Gasteiger partial charge on any atom is -0.508 e. The molecule has 0 bridgehead atoms. The quantitative estimate of drug-likeness (QED) is 0.460. The largest absolute Gasteiger partial charge is 0.508 e. The fraction of sp³-hybridized carbons (Fsp3) is 0.103. The van der Waals surface area contributed by atoms with Gasteiger partial charge in [0, 0.05) is 17.5 Å². The summed E-state index contributed by atoms with van der Waals surface area (Å²) < 4.78 is 0. The molecule has 1 aliphatic rings. The van der Waals surface area contributed by atoms with Gasteiger partial charge < -0.3 is 10.0 Å². The van der Waals surface area contributed by atoms with E-state index in [1.807, 2.05) is 102 Å². The highest BCUT2D eigenvalue weighted by Gasteiger charge is 2.32. The average Bonchev–Trinajstić information content (AvgIpc) is 2.97. The Hall–Kier alpha value is -4.18. The van der Waals surface area contributed by atoms with E-state index in [0.717, 1.165) is 33.7 Å². The van der Waals surface area contributed by atoms with Crippen molar-refractivity contribution in [3.8, 4) is 5.75 Å². The van der Waals surface area contributed by atoms with Crippen LogP contribution in [0.2, 0.25) is 0 Å². The number of anilines is 1. The first-order chi connectivity index (χ1) is 16.2. The third kappa shape index (κ3) is 4.41. The predicted molar refractivity (Wildman–Crippen MR) is 132 cm³/mol. The van der Waals surface area contributed by atoms with Crippen LogP contribution < -0.4 is 4.90 Å². The number of nitrogens with zero attached hydrogens (tertiary/aromatic N) is 2. The minimum atomic E-state index is -0.583. The molecule has 1 atom stereocenters. The Morgan fingerprint density at radius 2 is 1.36 bits per heavy atom. The van der Waals surface area contributed by atoms with Crippen molar-refractivity contribution in [1.29, 1.82) is 0 Å². The van der Waals surface area contributed by atoms with Crippen molar-refractivity contribution in [3.63, 3.8) is 0 Å². The first kappa shape index (κ1) is 20.7. The van der Waals surface area contributed by atoms with Gasteiger partial charge in [-0.2, -0.15) is 0 Å². The molecular weight excluding hydrogens is 408 g/mol. The zero-order valence-electron chi connectivity index (χ0n) is 18.1. The molecule has 4 aromatic rings. The van der Waals surface area contributed by atoms with Crippen molar-refractivity contribution in [1.82, 2.24) is 0 Å². The van der Waals surface area contributed by atoms with E-state index >= 15 is 0 Å². The summed E-state index contributed by atoms with van der Waals surface area (Å²) >= 11 is 0. The number of phenolic OH excluding ortho intramolecular Hbond substituents is 1. The van der Waals surface area contributed by atoms with Gasteiger partial charge in [-0.3, -0.25) is 9.79 Å². The van der Waals surface area contributed by atoms with E-state index in [0.29, 0.717) is 13.0 Å². The number of carbonyl (C=O) groups excluding carboxylic acids is 1. The number of amides is 1. The van der Waals surface area contributed by atoms with Crippen molar-refractivity contribution in [2.75, 3.05) is 4.90 Å². The van der Waals surface area contributed by atoms with Gasteiger partial charge in [0.05, 0.1) is 17.9 Å². The third-order valence-corrected chi connectivity index (χ3v) is 5.88. The monoisotopic (exact) mass is 432 g/mol. The highest BCUT2D eigenvalue weighted by molar-refractivity contribution is 6.20. The second-order valence-corrected chi connectivity index (χ2v) is 8.16. The van der Waals surface area contributed by atoms with Gasteiger partial charge in [0.25, 0.3) is 5.91 Å². The van der Waals surface area contributed by atoms with Crippen molar-refractivity contribution < 1.29 is 9.90 Å². The van der Waals surface area contributed by atoms with E-state index in [-0.39, 0.29) is 11.7 Å². The molecule has 4 aromatic carbocycles. The predicted octanol–water partition coefficient (Wildman–Crippen LogP) is 5.39. The number of aromatic hydroxyl groups is 1. The fourth-order valence-electron chi connectivity index (χ4n) is 4.23. The van der Waals surface area contributed by atoms with E-state index in [1.54, 1.807) is 12.1 Å². The van der Waals surface area contributed by atoms with Gasteiger partial charge in [-0.05, 0) is 29.3 Å². The van der Waals surface area contributed by atoms with Gasteiger partial charge in [0.2, 0.25) is 0 Å². The van der Waals surface area contributed by atoms with Gasteiger partial charge >= 0.3 is 0 Å². The SMILES string of the molecule is O=C1C(Cc2ccc(O)cc2)N=C(c2ccccc2)c2ccccc2N1Cc1ccccc1. The average molecular weight is 433 g/mol. The number of fused-ring (bicyclic) bond motifs is 1. The lowest BCUT2D eigenvalue weighted by Gasteiger charge is -2.25. The molecule has 33 heavy (non-hydrogen) atoms. The smallest absolute Gasteiger partial charge is 0.252 e. The number of aliphatic imine (C=N–C) groups is 1. The highest BCUT2D eigenvalue weighted by Crippen LogP contribution is 2.31. The van der Waals surface area contributed by atoms with Crippen LogP contribution in [-0.2, 0) is 17.8 Å².